The Labute approximate surface area is 155 Å². The minimum Gasteiger partial charge on any atom is -0.378 e. The standard InChI is InChI=1S/C22H26N4/c1-16-7-12-20-19(15-16)21(17-8-10-18(11-9-17)25(2)3)24-22(23-20)26-13-5-4-6-14-26/h7-12,15H,4-6,13-14H2,1-3H3. The number of nitrogens with zero attached hydrogens (tertiary/aromatic N) is 4. The van der Waals surface area contributed by atoms with Crippen LogP contribution in [0.4, 0.5) is 11.6 Å². The summed E-state index contributed by atoms with van der Waals surface area (Å²) in [5.74, 6) is 0.868. The first-order valence-electron chi connectivity index (χ1n) is 9.43. The van der Waals surface area contributed by atoms with Crippen LogP contribution < -0.4 is 9.80 Å². The summed E-state index contributed by atoms with van der Waals surface area (Å²) < 4.78 is 0. The molecule has 0 radical (unpaired) electrons. The van der Waals surface area contributed by atoms with Crippen molar-refractivity contribution < 1.29 is 0 Å². The second-order valence-electron chi connectivity index (χ2n) is 7.38. The van der Waals surface area contributed by atoms with Crippen LogP contribution in [0, 0.1) is 6.92 Å². The Balaban J connectivity index is 1.86. The molecule has 134 valence electrons. The van der Waals surface area contributed by atoms with Gasteiger partial charge in [0.2, 0.25) is 5.95 Å². The van der Waals surface area contributed by atoms with Gasteiger partial charge in [0.15, 0.2) is 0 Å². The first-order chi connectivity index (χ1) is 12.6. The average Bonchev–Trinajstić information content (AvgIpc) is 2.68. The zero-order valence-electron chi connectivity index (χ0n) is 15.9. The lowest BCUT2D eigenvalue weighted by Crippen LogP contribution is -2.31. The van der Waals surface area contributed by atoms with E-state index in [1.54, 1.807) is 0 Å². The van der Waals surface area contributed by atoms with Gasteiger partial charge in [-0.1, -0.05) is 23.8 Å². The summed E-state index contributed by atoms with van der Waals surface area (Å²) in [4.78, 5) is 14.3. The molecule has 0 atom stereocenters. The quantitative estimate of drug-likeness (QED) is 0.690. The monoisotopic (exact) mass is 346 g/mol. The molecule has 0 saturated carbocycles. The molecule has 0 aliphatic carbocycles. The molecule has 4 nitrogen and oxygen atoms in total. The molecule has 26 heavy (non-hydrogen) atoms. The Hall–Kier alpha value is -2.62. The normalized spacial score (nSPS) is 14.7. The Morgan fingerprint density at radius 2 is 1.62 bits per heavy atom. The van der Waals surface area contributed by atoms with E-state index in [1.807, 2.05) is 0 Å². The summed E-state index contributed by atoms with van der Waals surface area (Å²) in [5, 5.41) is 1.13. The van der Waals surface area contributed by atoms with E-state index in [2.05, 4.69) is 73.3 Å². The molecular weight excluding hydrogens is 320 g/mol. The number of hydrogen-bond acceptors (Lipinski definition) is 4. The third-order valence-corrected chi connectivity index (χ3v) is 5.14. The fourth-order valence-corrected chi connectivity index (χ4v) is 3.60. The van der Waals surface area contributed by atoms with Crippen molar-refractivity contribution >= 4 is 22.5 Å². The van der Waals surface area contributed by atoms with E-state index in [0.717, 1.165) is 41.2 Å². The van der Waals surface area contributed by atoms with Crippen molar-refractivity contribution in [2.24, 2.45) is 0 Å². The number of aryl methyl sites for hydroxylation is 1. The predicted molar refractivity (Wildman–Crippen MR) is 110 cm³/mol. The maximum atomic E-state index is 5.01. The van der Waals surface area contributed by atoms with Crippen LogP contribution in [0.1, 0.15) is 24.8 Å². The lowest BCUT2D eigenvalue weighted by atomic mass is 10.0. The number of fused-ring (bicyclic) bond motifs is 1. The van der Waals surface area contributed by atoms with Gasteiger partial charge in [-0.3, -0.25) is 0 Å². The summed E-state index contributed by atoms with van der Waals surface area (Å²) in [5.41, 5.74) is 5.63. The van der Waals surface area contributed by atoms with Gasteiger partial charge in [-0.15, -0.1) is 0 Å². The van der Waals surface area contributed by atoms with Gasteiger partial charge in [0.05, 0.1) is 11.2 Å². The third-order valence-electron chi connectivity index (χ3n) is 5.14. The lowest BCUT2D eigenvalue weighted by Gasteiger charge is -2.27. The van der Waals surface area contributed by atoms with Gasteiger partial charge in [0.1, 0.15) is 0 Å². The van der Waals surface area contributed by atoms with Gasteiger partial charge < -0.3 is 9.80 Å². The molecule has 0 amide bonds. The van der Waals surface area contributed by atoms with Crippen LogP contribution in [0.25, 0.3) is 22.2 Å². The zero-order valence-corrected chi connectivity index (χ0v) is 15.9. The van der Waals surface area contributed by atoms with Crippen LogP contribution in [-0.2, 0) is 0 Å². The Morgan fingerprint density at radius 3 is 2.31 bits per heavy atom. The summed E-state index contributed by atoms with van der Waals surface area (Å²) in [6.07, 6.45) is 3.76. The van der Waals surface area contributed by atoms with Gasteiger partial charge in [-0.2, -0.15) is 0 Å². The number of benzene rings is 2. The number of hydrogen-bond donors (Lipinski definition) is 0. The minimum atomic E-state index is 0.868. The van der Waals surface area contributed by atoms with Crippen molar-refractivity contribution in [3.8, 4) is 11.3 Å². The number of piperidine rings is 1. The summed E-state index contributed by atoms with van der Waals surface area (Å²) in [6, 6.07) is 15.1. The van der Waals surface area contributed by atoms with Crippen molar-refractivity contribution in [2.75, 3.05) is 37.0 Å². The SMILES string of the molecule is Cc1ccc2nc(N3CCCCC3)nc(-c3ccc(N(C)C)cc3)c2c1. The Morgan fingerprint density at radius 1 is 0.885 bits per heavy atom. The number of anilines is 2. The van der Waals surface area contributed by atoms with Crippen molar-refractivity contribution in [3.05, 3.63) is 48.0 Å². The Kier molecular flexibility index (Phi) is 4.49. The molecule has 4 rings (SSSR count). The molecule has 2 heterocycles. The van der Waals surface area contributed by atoms with E-state index in [1.165, 1.54) is 30.5 Å². The summed E-state index contributed by atoms with van der Waals surface area (Å²) >= 11 is 0. The molecule has 1 fully saturated rings. The van der Waals surface area contributed by atoms with Crippen LogP contribution in [0.2, 0.25) is 0 Å². The number of rotatable bonds is 3. The first-order valence-corrected chi connectivity index (χ1v) is 9.43. The molecule has 4 heteroatoms. The minimum absolute atomic E-state index is 0.868. The second kappa shape index (κ2) is 6.94. The molecule has 2 aromatic carbocycles. The summed E-state index contributed by atoms with van der Waals surface area (Å²) in [6.45, 7) is 4.23. The zero-order chi connectivity index (χ0) is 18.1. The van der Waals surface area contributed by atoms with Crippen LogP contribution in [-0.4, -0.2) is 37.2 Å². The molecule has 1 aliphatic heterocycles. The van der Waals surface area contributed by atoms with Gasteiger partial charge in [-0.25, -0.2) is 9.97 Å². The molecular formula is C22H26N4. The van der Waals surface area contributed by atoms with E-state index >= 15 is 0 Å². The van der Waals surface area contributed by atoms with E-state index in [0.29, 0.717) is 0 Å². The highest BCUT2D eigenvalue weighted by atomic mass is 15.3. The van der Waals surface area contributed by atoms with Crippen LogP contribution in [0.5, 0.6) is 0 Å². The highest BCUT2D eigenvalue weighted by Crippen LogP contribution is 2.31. The highest BCUT2D eigenvalue weighted by molar-refractivity contribution is 5.93. The molecule has 0 unspecified atom stereocenters. The van der Waals surface area contributed by atoms with Crippen molar-refractivity contribution in [1.29, 1.82) is 0 Å². The summed E-state index contributed by atoms with van der Waals surface area (Å²) in [7, 11) is 4.12. The Bertz CT molecular complexity index is 909. The maximum Gasteiger partial charge on any atom is 0.226 e. The number of aromatic nitrogens is 2. The molecule has 1 saturated heterocycles. The van der Waals surface area contributed by atoms with Gasteiger partial charge >= 0.3 is 0 Å². The fraction of sp³-hybridized carbons (Fsp3) is 0.364. The lowest BCUT2D eigenvalue weighted by molar-refractivity contribution is 0.569. The van der Waals surface area contributed by atoms with Crippen LogP contribution in [0.15, 0.2) is 42.5 Å². The molecule has 0 bridgehead atoms. The van der Waals surface area contributed by atoms with Crippen molar-refractivity contribution in [3.63, 3.8) is 0 Å². The van der Waals surface area contributed by atoms with Crippen LogP contribution >= 0.6 is 0 Å². The second-order valence-corrected chi connectivity index (χ2v) is 7.38. The first kappa shape index (κ1) is 16.8. The van der Waals surface area contributed by atoms with Gasteiger partial charge in [0, 0.05) is 43.8 Å². The highest BCUT2D eigenvalue weighted by Gasteiger charge is 2.17. The van der Waals surface area contributed by atoms with Crippen molar-refractivity contribution in [2.45, 2.75) is 26.2 Å². The molecule has 3 aromatic rings. The molecule has 0 N–H and O–H groups in total. The topological polar surface area (TPSA) is 32.3 Å². The van der Waals surface area contributed by atoms with Gasteiger partial charge in [0.25, 0.3) is 0 Å². The maximum absolute atomic E-state index is 5.01. The largest absolute Gasteiger partial charge is 0.378 e. The smallest absolute Gasteiger partial charge is 0.226 e. The molecule has 0 spiro atoms. The van der Waals surface area contributed by atoms with Crippen LogP contribution in [0.3, 0.4) is 0 Å². The van der Waals surface area contributed by atoms with Gasteiger partial charge in [-0.05, 0) is 50.5 Å². The van der Waals surface area contributed by atoms with E-state index in [-0.39, 0.29) is 0 Å². The fourth-order valence-electron chi connectivity index (χ4n) is 3.60. The third kappa shape index (κ3) is 3.24. The van der Waals surface area contributed by atoms with E-state index < -0.39 is 0 Å². The predicted octanol–water partition coefficient (Wildman–Crippen LogP) is 4.66. The van der Waals surface area contributed by atoms with E-state index in [9.17, 15) is 0 Å². The molecule has 1 aromatic heterocycles. The van der Waals surface area contributed by atoms with E-state index in [4.69, 9.17) is 9.97 Å². The van der Waals surface area contributed by atoms with Crippen molar-refractivity contribution in [1.82, 2.24) is 9.97 Å². The molecule has 1 aliphatic rings. The average molecular weight is 346 g/mol.